The SMILES string of the molecule is CC(=O)N1CCN(c2ccc(Nc3nc4nc[nH]c4c(N4CCCC(C(=O)O)C4)[nH+]3)cc2)CC1. The Morgan fingerprint density at radius 3 is 2.59 bits per heavy atom. The van der Waals surface area contributed by atoms with Crippen molar-refractivity contribution in [1.82, 2.24) is 19.9 Å². The molecule has 0 radical (unpaired) electrons. The van der Waals surface area contributed by atoms with Gasteiger partial charge in [-0.15, -0.1) is 0 Å². The van der Waals surface area contributed by atoms with Crippen molar-refractivity contribution in [3.05, 3.63) is 30.6 Å². The Morgan fingerprint density at radius 1 is 1.12 bits per heavy atom. The summed E-state index contributed by atoms with van der Waals surface area (Å²) in [6, 6.07) is 8.11. The standard InChI is InChI=1S/C23H28N8O3/c1-15(32)29-9-11-30(12-10-29)18-6-4-17(5-7-18)26-23-27-20-19(24-14-25-20)21(28-23)31-8-2-3-16(13-31)22(33)34/h4-7,14,16H,2-3,8-13H2,1H3,(H,33,34)(H2,24,25,26,27,28)/p+1. The third-order valence-corrected chi connectivity index (χ3v) is 6.62. The van der Waals surface area contributed by atoms with Gasteiger partial charge >= 0.3 is 11.9 Å². The van der Waals surface area contributed by atoms with Crippen LogP contribution in [0.25, 0.3) is 11.2 Å². The summed E-state index contributed by atoms with van der Waals surface area (Å²) in [5.74, 6) is 0.292. The molecule has 1 unspecified atom stereocenters. The smallest absolute Gasteiger partial charge is 0.351 e. The minimum atomic E-state index is -0.763. The number of aromatic amines is 2. The highest BCUT2D eigenvalue weighted by atomic mass is 16.4. The average Bonchev–Trinajstić information content (AvgIpc) is 3.33. The van der Waals surface area contributed by atoms with E-state index in [4.69, 9.17) is 0 Å². The molecule has 0 spiro atoms. The van der Waals surface area contributed by atoms with E-state index in [2.05, 4.69) is 47.2 Å². The van der Waals surface area contributed by atoms with Gasteiger partial charge in [0.15, 0.2) is 5.52 Å². The summed E-state index contributed by atoms with van der Waals surface area (Å²) in [7, 11) is 0. The van der Waals surface area contributed by atoms with Crippen LogP contribution in [-0.2, 0) is 9.59 Å². The number of hydrogen-bond acceptors (Lipinski definition) is 7. The number of hydrogen-bond donors (Lipinski definition) is 3. The number of nitrogens with zero attached hydrogens (tertiary/aromatic N) is 5. The van der Waals surface area contributed by atoms with Crippen molar-refractivity contribution in [1.29, 1.82) is 0 Å². The first-order valence-electron chi connectivity index (χ1n) is 11.6. The highest BCUT2D eigenvalue weighted by molar-refractivity contribution is 5.82. The van der Waals surface area contributed by atoms with E-state index >= 15 is 0 Å². The highest BCUT2D eigenvalue weighted by Crippen LogP contribution is 2.26. The molecule has 3 aromatic rings. The molecule has 0 bridgehead atoms. The van der Waals surface area contributed by atoms with E-state index < -0.39 is 11.9 Å². The molecular formula is C23H29N8O3+. The molecule has 2 fully saturated rings. The van der Waals surface area contributed by atoms with Gasteiger partial charge in [-0.1, -0.05) is 4.98 Å². The number of anilines is 4. The third-order valence-electron chi connectivity index (χ3n) is 6.62. The number of rotatable bonds is 5. The fourth-order valence-electron chi connectivity index (χ4n) is 4.70. The maximum Gasteiger partial charge on any atom is 0.351 e. The van der Waals surface area contributed by atoms with E-state index in [0.717, 1.165) is 61.9 Å². The number of fused-ring (bicyclic) bond motifs is 1. The number of carbonyl (C=O) groups is 2. The summed E-state index contributed by atoms with van der Waals surface area (Å²) in [6.45, 7) is 5.92. The zero-order valence-corrected chi connectivity index (χ0v) is 19.1. The average molecular weight is 466 g/mol. The summed E-state index contributed by atoms with van der Waals surface area (Å²) in [4.78, 5) is 44.6. The number of aliphatic carboxylic acids is 1. The Balaban J connectivity index is 1.32. The minimum Gasteiger partial charge on any atom is -0.481 e. The number of nitrogens with one attached hydrogen (secondary N) is 3. The van der Waals surface area contributed by atoms with Gasteiger partial charge in [-0.05, 0) is 37.1 Å². The quantitative estimate of drug-likeness (QED) is 0.516. The summed E-state index contributed by atoms with van der Waals surface area (Å²) < 4.78 is 0. The van der Waals surface area contributed by atoms with Crippen LogP contribution >= 0.6 is 0 Å². The maximum atomic E-state index is 11.6. The molecule has 1 atom stereocenters. The lowest BCUT2D eigenvalue weighted by molar-refractivity contribution is -0.349. The van der Waals surface area contributed by atoms with Gasteiger partial charge < -0.3 is 24.8 Å². The lowest BCUT2D eigenvalue weighted by Gasteiger charge is -2.35. The van der Waals surface area contributed by atoms with Gasteiger partial charge in [0.05, 0.1) is 31.0 Å². The van der Waals surface area contributed by atoms with Crippen LogP contribution in [0.4, 0.5) is 23.1 Å². The maximum absolute atomic E-state index is 11.6. The molecule has 5 rings (SSSR count). The topological polar surface area (TPSA) is 132 Å². The van der Waals surface area contributed by atoms with Crippen molar-refractivity contribution in [2.75, 3.05) is 54.4 Å². The number of piperidine rings is 1. The molecule has 1 amide bonds. The normalized spacial score (nSPS) is 18.9. The van der Waals surface area contributed by atoms with Gasteiger partial charge in [0.1, 0.15) is 0 Å². The number of piperazine rings is 1. The third kappa shape index (κ3) is 4.45. The first-order chi connectivity index (χ1) is 16.5. The lowest BCUT2D eigenvalue weighted by atomic mass is 9.98. The van der Waals surface area contributed by atoms with Crippen molar-refractivity contribution < 1.29 is 19.7 Å². The molecule has 2 aliphatic rings. The van der Waals surface area contributed by atoms with E-state index in [9.17, 15) is 14.7 Å². The number of benzene rings is 1. The van der Waals surface area contributed by atoms with Gasteiger partial charge in [0.2, 0.25) is 17.4 Å². The van der Waals surface area contributed by atoms with Crippen LogP contribution < -0.4 is 20.1 Å². The Hall–Kier alpha value is -3.89. The van der Waals surface area contributed by atoms with E-state index in [1.54, 1.807) is 13.3 Å². The Bertz CT molecular complexity index is 1190. The molecule has 2 aromatic heterocycles. The number of amides is 1. The number of aromatic nitrogens is 4. The van der Waals surface area contributed by atoms with Crippen molar-refractivity contribution in [2.45, 2.75) is 19.8 Å². The number of imidazole rings is 1. The second kappa shape index (κ2) is 9.16. The molecule has 2 saturated heterocycles. The van der Waals surface area contributed by atoms with Crippen LogP contribution in [-0.4, -0.2) is 76.1 Å². The van der Waals surface area contributed by atoms with E-state index in [1.807, 2.05) is 17.0 Å². The number of carbonyl (C=O) groups excluding carboxylic acids is 1. The Labute approximate surface area is 196 Å². The van der Waals surface area contributed by atoms with E-state index in [1.165, 1.54) is 0 Å². The molecule has 34 heavy (non-hydrogen) atoms. The summed E-state index contributed by atoms with van der Waals surface area (Å²) in [6.07, 6.45) is 3.09. The number of H-pyrrole nitrogens is 2. The van der Waals surface area contributed by atoms with Crippen LogP contribution in [0, 0.1) is 5.92 Å². The fraction of sp³-hybridized carbons (Fsp3) is 0.435. The molecule has 178 valence electrons. The van der Waals surface area contributed by atoms with Gasteiger partial charge in [-0.2, -0.15) is 0 Å². The predicted octanol–water partition coefficient (Wildman–Crippen LogP) is 1.49. The number of carboxylic acid groups (broad SMARTS) is 1. The van der Waals surface area contributed by atoms with Crippen LogP contribution in [0.5, 0.6) is 0 Å². The molecule has 1 aromatic carbocycles. The van der Waals surface area contributed by atoms with Gasteiger partial charge in [-0.25, -0.2) is 9.97 Å². The predicted molar refractivity (Wildman–Crippen MR) is 127 cm³/mol. The first kappa shape index (κ1) is 21.9. The number of carboxylic acids is 1. The Kier molecular flexibility index (Phi) is 5.91. The Morgan fingerprint density at radius 2 is 1.88 bits per heavy atom. The molecule has 0 saturated carbocycles. The van der Waals surface area contributed by atoms with E-state index in [-0.39, 0.29) is 5.91 Å². The fourth-order valence-corrected chi connectivity index (χ4v) is 4.70. The molecule has 11 heteroatoms. The van der Waals surface area contributed by atoms with Crippen molar-refractivity contribution in [3.8, 4) is 0 Å². The molecule has 4 heterocycles. The minimum absolute atomic E-state index is 0.124. The summed E-state index contributed by atoms with van der Waals surface area (Å²) >= 11 is 0. The van der Waals surface area contributed by atoms with Crippen LogP contribution in [0.2, 0.25) is 0 Å². The van der Waals surface area contributed by atoms with Gasteiger partial charge in [0, 0.05) is 38.8 Å². The van der Waals surface area contributed by atoms with Crippen LogP contribution in [0.3, 0.4) is 0 Å². The van der Waals surface area contributed by atoms with Crippen LogP contribution in [0.15, 0.2) is 30.6 Å². The highest BCUT2D eigenvalue weighted by Gasteiger charge is 2.31. The zero-order chi connectivity index (χ0) is 23.7. The largest absolute Gasteiger partial charge is 0.481 e. The van der Waals surface area contributed by atoms with Crippen LogP contribution in [0.1, 0.15) is 19.8 Å². The van der Waals surface area contributed by atoms with Gasteiger partial charge in [0.25, 0.3) is 0 Å². The first-order valence-corrected chi connectivity index (χ1v) is 11.6. The van der Waals surface area contributed by atoms with Crippen molar-refractivity contribution in [3.63, 3.8) is 0 Å². The second-order valence-electron chi connectivity index (χ2n) is 8.82. The lowest BCUT2D eigenvalue weighted by Crippen LogP contribution is -2.48. The zero-order valence-electron chi connectivity index (χ0n) is 19.1. The molecule has 4 N–H and O–H groups in total. The van der Waals surface area contributed by atoms with Gasteiger partial charge in [-0.3, -0.25) is 14.9 Å². The van der Waals surface area contributed by atoms with Crippen molar-refractivity contribution in [2.24, 2.45) is 5.92 Å². The molecule has 2 aliphatic heterocycles. The summed E-state index contributed by atoms with van der Waals surface area (Å²) in [5.41, 5.74) is 3.31. The second-order valence-corrected chi connectivity index (χ2v) is 8.82. The molecule has 11 nitrogen and oxygen atoms in total. The monoisotopic (exact) mass is 465 g/mol. The van der Waals surface area contributed by atoms with E-state index in [0.29, 0.717) is 24.6 Å². The molecular weight excluding hydrogens is 436 g/mol. The van der Waals surface area contributed by atoms with Crippen molar-refractivity contribution >= 4 is 46.2 Å². The summed E-state index contributed by atoms with van der Waals surface area (Å²) in [5, 5.41) is 12.8. The molecule has 0 aliphatic carbocycles.